The first-order valence-electron chi connectivity index (χ1n) is 7.53. The van der Waals surface area contributed by atoms with E-state index in [1.54, 1.807) is 17.2 Å². The zero-order valence-electron chi connectivity index (χ0n) is 14.2. The predicted molar refractivity (Wildman–Crippen MR) is 92.4 cm³/mol. The minimum atomic E-state index is -0.515. The van der Waals surface area contributed by atoms with Crippen molar-refractivity contribution in [3.63, 3.8) is 0 Å². The Morgan fingerprint density at radius 1 is 1.48 bits per heavy atom. The summed E-state index contributed by atoms with van der Waals surface area (Å²) in [5, 5.41) is 0. The molecular weight excluding hydrogens is 362 g/mol. The lowest BCUT2D eigenvalue weighted by Gasteiger charge is -2.26. The molecule has 1 aromatic rings. The fourth-order valence-corrected chi connectivity index (χ4v) is 2.76. The molecule has 2 rings (SSSR count). The number of halogens is 1. The summed E-state index contributed by atoms with van der Waals surface area (Å²) >= 11 is 3.36. The summed E-state index contributed by atoms with van der Waals surface area (Å²) in [4.78, 5) is 18.0. The average Bonchev–Trinajstić information content (AvgIpc) is 2.68. The predicted octanol–water partition coefficient (Wildman–Crippen LogP) is 3.45. The van der Waals surface area contributed by atoms with Gasteiger partial charge in [0.1, 0.15) is 11.7 Å². The van der Waals surface area contributed by atoms with Gasteiger partial charge < -0.3 is 20.1 Å². The second kappa shape index (κ2) is 6.19. The van der Waals surface area contributed by atoms with Gasteiger partial charge in [-0.15, -0.1) is 0 Å². The first kappa shape index (κ1) is 17.8. The van der Waals surface area contributed by atoms with Crippen molar-refractivity contribution >= 4 is 27.8 Å². The maximum atomic E-state index is 12.3. The molecule has 1 aromatic heterocycles. The number of nitrogens with two attached hydrogens (primary N) is 1. The van der Waals surface area contributed by atoms with Crippen LogP contribution in [-0.2, 0) is 4.74 Å². The molecule has 2 heterocycles. The molecule has 2 N–H and O–H groups in total. The highest BCUT2D eigenvalue weighted by atomic mass is 79.9. The summed E-state index contributed by atoms with van der Waals surface area (Å²) in [5.41, 5.74) is 5.14. The number of hydrogen-bond acceptors (Lipinski definition) is 5. The summed E-state index contributed by atoms with van der Waals surface area (Å²) in [7, 11) is 0. The molecule has 128 valence electrons. The molecule has 6 nitrogen and oxygen atoms in total. The monoisotopic (exact) mass is 385 g/mol. The van der Waals surface area contributed by atoms with Crippen LogP contribution in [0.3, 0.4) is 0 Å². The lowest BCUT2D eigenvalue weighted by atomic mass is 9.90. The first-order chi connectivity index (χ1) is 10.5. The van der Waals surface area contributed by atoms with Crippen molar-refractivity contribution in [1.29, 1.82) is 0 Å². The molecule has 0 radical (unpaired) electrons. The molecule has 1 aliphatic heterocycles. The molecule has 0 aliphatic carbocycles. The molecule has 0 saturated carbocycles. The fraction of sp³-hybridized carbons (Fsp3) is 0.625. The smallest absolute Gasteiger partial charge is 0.410 e. The van der Waals surface area contributed by atoms with E-state index in [-0.39, 0.29) is 17.6 Å². The summed E-state index contributed by atoms with van der Waals surface area (Å²) in [5.74, 6) is 0.850. The van der Waals surface area contributed by atoms with Crippen molar-refractivity contribution in [3.05, 3.63) is 16.7 Å². The van der Waals surface area contributed by atoms with E-state index in [9.17, 15) is 4.79 Å². The number of nitrogen functional groups attached to an aromatic ring is 1. The number of nitrogens with zero attached hydrogens (tertiary/aromatic N) is 2. The van der Waals surface area contributed by atoms with Crippen molar-refractivity contribution in [1.82, 2.24) is 9.88 Å². The van der Waals surface area contributed by atoms with Crippen LogP contribution in [0.5, 0.6) is 5.75 Å². The minimum absolute atomic E-state index is 0.187. The van der Waals surface area contributed by atoms with Crippen LogP contribution in [0.15, 0.2) is 16.7 Å². The van der Waals surface area contributed by atoms with Gasteiger partial charge in [0.25, 0.3) is 0 Å². The third-order valence-electron chi connectivity index (χ3n) is 3.63. The maximum Gasteiger partial charge on any atom is 0.410 e. The Hall–Kier alpha value is -1.50. The van der Waals surface area contributed by atoms with Crippen molar-refractivity contribution in [2.75, 3.05) is 18.8 Å². The molecule has 23 heavy (non-hydrogen) atoms. The third kappa shape index (κ3) is 4.50. The molecule has 1 atom stereocenters. The Kier molecular flexibility index (Phi) is 4.80. The van der Waals surface area contributed by atoms with Crippen LogP contribution in [-0.4, -0.2) is 40.8 Å². The Bertz CT molecular complexity index is 599. The molecule has 1 aliphatic rings. The molecule has 0 unspecified atom stereocenters. The number of ether oxygens (including phenoxy) is 2. The zero-order valence-corrected chi connectivity index (χ0v) is 15.8. The van der Waals surface area contributed by atoms with E-state index in [2.05, 4.69) is 34.8 Å². The molecule has 1 amide bonds. The Morgan fingerprint density at radius 2 is 2.13 bits per heavy atom. The maximum absolute atomic E-state index is 12.3. The Labute approximate surface area is 145 Å². The van der Waals surface area contributed by atoms with Crippen LogP contribution in [0.2, 0.25) is 0 Å². The summed E-state index contributed by atoms with van der Waals surface area (Å²) < 4.78 is 12.3. The quantitative estimate of drug-likeness (QED) is 0.843. The number of hydrogen-bond donors (Lipinski definition) is 1. The minimum Gasteiger partial charge on any atom is -0.484 e. The highest BCUT2D eigenvalue weighted by Gasteiger charge is 2.44. The van der Waals surface area contributed by atoms with Crippen LogP contribution in [0.25, 0.3) is 0 Å². The SMILES string of the molecule is CC(C)(C)OC(=O)N1C[C@H](Oc2cc(Br)cnc2N)C(C)(C)C1. The highest BCUT2D eigenvalue weighted by molar-refractivity contribution is 9.10. The number of amides is 1. The topological polar surface area (TPSA) is 77.7 Å². The van der Waals surface area contributed by atoms with Gasteiger partial charge in [0.2, 0.25) is 0 Å². The van der Waals surface area contributed by atoms with Gasteiger partial charge in [0.15, 0.2) is 11.6 Å². The summed E-state index contributed by atoms with van der Waals surface area (Å²) in [6.07, 6.45) is 1.11. The first-order valence-corrected chi connectivity index (χ1v) is 8.33. The normalized spacial score (nSPS) is 20.4. The molecule has 7 heteroatoms. The summed E-state index contributed by atoms with van der Waals surface area (Å²) in [6.45, 7) is 10.7. The van der Waals surface area contributed by atoms with Crippen LogP contribution >= 0.6 is 15.9 Å². The number of aromatic nitrogens is 1. The van der Waals surface area contributed by atoms with E-state index < -0.39 is 5.60 Å². The van der Waals surface area contributed by atoms with Crippen LogP contribution in [0.1, 0.15) is 34.6 Å². The number of anilines is 1. The van der Waals surface area contributed by atoms with Crippen molar-refractivity contribution in [2.24, 2.45) is 5.41 Å². The van der Waals surface area contributed by atoms with Crippen molar-refractivity contribution < 1.29 is 14.3 Å². The van der Waals surface area contributed by atoms with E-state index in [4.69, 9.17) is 15.2 Å². The summed E-state index contributed by atoms with van der Waals surface area (Å²) in [6, 6.07) is 1.79. The second-order valence-corrected chi connectivity index (χ2v) is 8.41. The second-order valence-electron chi connectivity index (χ2n) is 7.49. The van der Waals surface area contributed by atoms with E-state index in [0.29, 0.717) is 24.7 Å². The fourth-order valence-electron chi connectivity index (χ4n) is 2.45. The van der Waals surface area contributed by atoms with Crippen LogP contribution < -0.4 is 10.5 Å². The molecule has 0 aromatic carbocycles. The molecule has 1 fully saturated rings. The number of pyridine rings is 1. The van der Waals surface area contributed by atoms with Crippen molar-refractivity contribution in [2.45, 2.75) is 46.3 Å². The van der Waals surface area contributed by atoms with Gasteiger partial charge >= 0.3 is 6.09 Å². The average molecular weight is 386 g/mol. The van der Waals surface area contributed by atoms with Gasteiger partial charge in [-0.3, -0.25) is 0 Å². The molecule has 0 spiro atoms. The zero-order chi connectivity index (χ0) is 17.4. The number of carbonyl (C=O) groups excluding carboxylic acids is 1. The largest absolute Gasteiger partial charge is 0.484 e. The number of carbonyl (C=O) groups is 1. The van der Waals surface area contributed by atoms with Crippen molar-refractivity contribution in [3.8, 4) is 5.75 Å². The third-order valence-corrected chi connectivity index (χ3v) is 4.06. The van der Waals surface area contributed by atoms with Gasteiger partial charge in [0.05, 0.1) is 6.54 Å². The Balaban J connectivity index is 2.11. The number of likely N-dealkylation sites (tertiary alicyclic amines) is 1. The van der Waals surface area contributed by atoms with E-state index >= 15 is 0 Å². The molecule has 1 saturated heterocycles. The van der Waals surface area contributed by atoms with Gasteiger partial charge in [-0.25, -0.2) is 9.78 Å². The van der Waals surface area contributed by atoms with Gasteiger partial charge in [-0.05, 0) is 42.8 Å². The standard InChI is InChI=1S/C16H24BrN3O3/c1-15(2,3)23-14(21)20-8-12(16(4,5)9-20)22-11-6-10(17)7-19-13(11)18/h6-7,12H,8-9H2,1-5H3,(H2,18,19)/t12-/m0/s1. The van der Waals surface area contributed by atoms with Crippen LogP contribution in [0, 0.1) is 5.41 Å². The lowest BCUT2D eigenvalue weighted by Crippen LogP contribution is -2.36. The molecular formula is C16H24BrN3O3. The molecule has 0 bridgehead atoms. The van der Waals surface area contributed by atoms with Crippen LogP contribution in [0.4, 0.5) is 10.6 Å². The Morgan fingerprint density at radius 3 is 2.74 bits per heavy atom. The van der Waals surface area contributed by atoms with E-state index in [1.807, 2.05) is 20.8 Å². The highest BCUT2D eigenvalue weighted by Crippen LogP contribution is 2.35. The van der Waals surface area contributed by atoms with E-state index in [0.717, 1.165) is 4.47 Å². The van der Waals surface area contributed by atoms with Gasteiger partial charge in [-0.2, -0.15) is 0 Å². The van der Waals surface area contributed by atoms with Gasteiger partial charge in [-0.1, -0.05) is 13.8 Å². The number of rotatable bonds is 2. The lowest BCUT2D eigenvalue weighted by molar-refractivity contribution is 0.0272. The van der Waals surface area contributed by atoms with Gasteiger partial charge in [0, 0.05) is 22.6 Å². The van der Waals surface area contributed by atoms with E-state index in [1.165, 1.54) is 0 Å².